The Balaban J connectivity index is 1.41. The highest BCUT2D eigenvalue weighted by Gasteiger charge is 2.54. The van der Waals surface area contributed by atoms with E-state index in [2.05, 4.69) is 10.7 Å². The van der Waals surface area contributed by atoms with Crippen LogP contribution in [-0.4, -0.2) is 65.2 Å². The van der Waals surface area contributed by atoms with Gasteiger partial charge < -0.3 is 15.0 Å². The summed E-state index contributed by atoms with van der Waals surface area (Å²) in [5.41, 5.74) is 4.06. The van der Waals surface area contributed by atoms with Crippen molar-refractivity contribution in [2.45, 2.75) is 57.9 Å². The molecule has 0 bridgehead atoms. The maximum Gasteiger partial charge on any atom is 0.337 e. The molecular formula is C22H31N5O4. The zero-order valence-corrected chi connectivity index (χ0v) is 18.2. The Bertz CT molecular complexity index is 830. The molecule has 3 atom stereocenters. The van der Waals surface area contributed by atoms with Crippen LogP contribution in [0.3, 0.4) is 0 Å². The number of hydrogen-bond donors (Lipinski definition) is 2. The molecule has 1 saturated carbocycles. The number of benzene rings is 1. The van der Waals surface area contributed by atoms with Gasteiger partial charge >= 0.3 is 6.03 Å². The average Bonchev–Trinajstić information content (AvgIpc) is 3.11. The highest BCUT2D eigenvalue weighted by molar-refractivity contribution is 5.88. The first kappa shape index (κ1) is 21.4. The Morgan fingerprint density at radius 3 is 2.65 bits per heavy atom. The molecule has 2 N–H and O–H groups in total. The summed E-state index contributed by atoms with van der Waals surface area (Å²) in [5.74, 6) is 0.487. The number of rotatable bonds is 7. The Morgan fingerprint density at radius 2 is 1.94 bits per heavy atom. The van der Waals surface area contributed by atoms with E-state index in [1.54, 1.807) is 16.9 Å². The minimum absolute atomic E-state index is 0.0910. The van der Waals surface area contributed by atoms with Crippen LogP contribution in [0.2, 0.25) is 0 Å². The molecule has 1 aromatic rings. The molecule has 3 unspecified atom stereocenters. The van der Waals surface area contributed by atoms with E-state index in [0.717, 1.165) is 43.4 Å². The molecule has 4 rings (SSSR count). The van der Waals surface area contributed by atoms with Crippen molar-refractivity contribution >= 4 is 17.8 Å². The van der Waals surface area contributed by atoms with Crippen molar-refractivity contribution in [1.82, 2.24) is 25.6 Å². The molecule has 3 fully saturated rings. The number of hydrogen-bond acceptors (Lipinski definition) is 5. The molecule has 31 heavy (non-hydrogen) atoms. The van der Waals surface area contributed by atoms with Crippen molar-refractivity contribution in [2.24, 2.45) is 5.92 Å². The van der Waals surface area contributed by atoms with Gasteiger partial charge in [0.05, 0.1) is 13.0 Å². The van der Waals surface area contributed by atoms with E-state index >= 15 is 0 Å². The summed E-state index contributed by atoms with van der Waals surface area (Å²) in [6, 6.07) is 7.13. The minimum Gasteiger partial charge on any atom is -0.497 e. The second-order valence-corrected chi connectivity index (χ2v) is 8.39. The molecule has 0 spiro atoms. The maximum absolute atomic E-state index is 13.2. The van der Waals surface area contributed by atoms with E-state index in [9.17, 15) is 14.4 Å². The van der Waals surface area contributed by atoms with Gasteiger partial charge in [0.15, 0.2) is 6.29 Å². The van der Waals surface area contributed by atoms with Gasteiger partial charge in [0, 0.05) is 19.1 Å². The van der Waals surface area contributed by atoms with Gasteiger partial charge in [0.1, 0.15) is 12.3 Å². The third-order valence-corrected chi connectivity index (χ3v) is 6.38. The smallest absolute Gasteiger partial charge is 0.337 e. The third kappa shape index (κ3) is 4.19. The summed E-state index contributed by atoms with van der Waals surface area (Å²) in [4.78, 5) is 42.3. The molecule has 4 amide bonds. The number of carbonyl (C=O) groups is 3. The minimum atomic E-state index is -0.506. The van der Waals surface area contributed by atoms with Gasteiger partial charge in [-0.15, -0.1) is 0 Å². The fourth-order valence-electron chi connectivity index (χ4n) is 4.84. The van der Waals surface area contributed by atoms with Crippen molar-refractivity contribution < 1.29 is 19.1 Å². The van der Waals surface area contributed by atoms with Gasteiger partial charge in [-0.05, 0) is 37.0 Å². The number of nitrogens with one attached hydrogen (secondary N) is 2. The summed E-state index contributed by atoms with van der Waals surface area (Å²) >= 11 is 0. The Morgan fingerprint density at radius 1 is 1.19 bits per heavy atom. The fourth-order valence-corrected chi connectivity index (χ4v) is 4.84. The van der Waals surface area contributed by atoms with Crippen molar-refractivity contribution in [3.63, 3.8) is 0 Å². The van der Waals surface area contributed by atoms with E-state index in [1.807, 2.05) is 31.2 Å². The Labute approximate surface area is 182 Å². The number of ether oxygens (including phenoxy) is 1. The third-order valence-electron chi connectivity index (χ3n) is 6.38. The molecule has 9 heteroatoms. The van der Waals surface area contributed by atoms with Crippen molar-refractivity contribution in [1.29, 1.82) is 0 Å². The lowest BCUT2D eigenvalue weighted by Gasteiger charge is -2.48. The summed E-state index contributed by atoms with van der Waals surface area (Å²) < 4.78 is 5.14. The zero-order chi connectivity index (χ0) is 22.0. The summed E-state index contributed by atoms with van der Waals surface area (Å²) in [6.45, 7) is 2.86. The van der Waals surface area contributed by atoms with E-state index in [1.165, 1.54) is 5.01 Å². The summed E-state index contributed by atoms with van der Waals surface area (Å²) in [7, 11) is 1.61. The maximum atomic E-state index is 13.2. The van der Waals surface area contributed by atoms with E-state index in [-0.39, 0.29) is 36.3 Å². The summed E-state index contributed by atoms with van der Waals surface area (Å²) in [5, 5.41) is 4.20. The second kappa shape index (κ2) is 9.13. The average molecular weight is 430 g/mol. The van der Waals surface area contributed by atoms with Crippen molar-refractivity contribution in [3.8, 4) is 5.75 Å². The molecule has 9 nitrogen and oxygen atoms in total. The first-order valence-electron chi connectivity index (χ1n) is 11.1. The summed E-state index contributed by atoms with van der Waals surface area (Å²) in [6.07, 6.45) is 3.99. The van der Waals surface area contributed by atoms with Crippen LogP contribution < -0.4 is 15.5 Å². The molecule has 1 aliphatic carbocycles. The van der Waals surface area contributed by atoms with Crippen LogP contribution in [0.5, 0.6) is 5.75 Å². The molecule has 1 aromatic carbocycles. The first-order valence-corrected chi connectivity index (χ1v) is 11.1. The van der Waals surface area contributed by atoms with Crippen molar-refractivity contribution in [3.05, 3.63) is 29.8 Å². The first-order chi connectivity index (χ1) is 15.0. The van der Waals surface area contributed by atoms with Crippen LogP contribution in [0, 0.1) is 5.92 Å². The standard InChI is InChI=1S/C22H31N5O4/c1-3-12-25-20(29)17-6-4-5-7-18(17)27-21(25)24-26(22(27)30)14-19(28)23-13-15-8-10-16(31-2)11-9-15/h8-11,17-18,21,24H,3-7,12-14H2,1-2H3,(H,23,28). The number of nitrogens with zero attached hydrogens (tertiary/aromatic N) is 3. The molecule has 3 aliphatic rings. The molecule has 168 valence electrons. The van der Waals surface area contributed by atoms with Crippen LogP contribution >= 0.6 is 0 Å². The van der Waals surface area contributed by atoms with Gasteiger partial charge in [-0.1, -0.05) is 31.9 Å². The topological polar surface area (TPSA) is 94.2 Å². The molecule has 2 aliphatic heterocycles. The normalized spacial score (nSPS) is 25.4. The second-order valence-electron chi connectivity index (χ2n) is 8.39. The molecular weight excluding hydrogens is 398 g/mol. The molecule has 2 heterocycles. The monoisotopic (exact) mass is 429 g/mol. The number of amides is 4. The zero-order valence-electron chi connectivity index (χ0n) is 18.2. The van der Waals surface area contributed by atoms with Crippen LogP contribution in [0.4, 0.5) is 4.79 Å². The number of urea groups is 1. The highest BCUT2D eigenvalue weighted by atomic mass is 16.5. The van der Waals surface area contributed by atoms with Crippen molar-refractivity contribution in [2.75, 3.05) is 20.2 Å². The lowest BCUT2D eigenvalue weighted by atomic mass is 9.81. The van der Waals surface area contributed by atoms with Crippen LogP contribution in [0.1, 0.15) is 44.6 Å². The van der Waals surface area contributed by atoms with E-state index in [0.29, 0.717) is 13.1 Å². The van der Waals surface area contributed by atoms with Crippen LogP contribution in [0.25, 0.3) is 0 Å². The largest absolute Gasteiger partial charge is 0.497 e. The quantitative estimate of drug-likeness (QED) is 0.687. The number of methoxy groups -OCH3 is 1. The molecule has 2 saturated heterocycles. The van der Waals surface area contributed by atoms with Gasteiger partial charge in [-0.3, -0.25) is 14.5 Å². The van der Waals surface area contributed by atoms with Gasteiger partial charge in [0.25, 0.3) is 0 Å². The predicted molar refractivity (Wildman–Crippen MR) is 113 cm³/mol. The fraction of sp³-hybridized carbons (Fsp3) is 0.591. The number of hydrazine groups is 1. The Hall–Kier alpha value is -2.81. The van der Waals surface area contributed by atoms with Crippen LogP contribution in [0.15, 0.2) is 24.3 Å². The SMILES string of the molecule is CCCN1C(=O)C2CCCCC2N2C(=O)N(CC(=O)NCc3ccc(OC)cc3)NC12. The number of fused-ring (bicyclic) bond motifs is 3. The van der Waals surface area contributed by atoms with Gasteiger partial charge in [0.2, 0.25) is 11.8 Å². The predicted octanol–water partition coefficient (Wildman–Crippen LogP) is 1.65. The highest BCUT2D eigenvalue weighted by Crippen LogP contribution is 2.38. The van der Waals surface area contributed by atoms with Gasteiger partial charge in [-0.25, -0.2) is 9.80 Å². The van der Waals surface area contributed by atoms with E-state index in [4.69, 9.17) is 4.74 Å². The number of carbonyl (C=O) groups excluding carboxylic acids is 3. The molecule has 0 radical (unpaired) electrons. The van der Waals surface area contributed by atoms with Crippen LogP contribution in [-0.2, 0) is 16.1 Å². The van der Waals surface area contributed by atoms with E-state index < -0.39 is 6.29 Å². The van der Waals surface area contributed by atoms with Gasteiger partial charge in [-0.2, -0.15) is 5.43 Å². The molecule has 0 aromatic heterocycles. The lowest BCUT2D eigenvalue weighted by Crippen LogP contribution is -2.66. The Kier molecular flexibility index (Phi) is 6.31. The lowest BCUT2D eigenvalue weighted by molar-refractivity contribution is -0.156.